The van der Waals surface area contributed by atoms with Crippen LogP contribution in [0.4, 0.5) is 0 Å². The molecule has 3 aliphatic carbocycles. The van der Waals surface area contributed by atoms with Crippen molar-refractivity contribution in [1.82, 2.24) is 15.0 Å². The van der Waals surface area contributed by atoms with Gasteiger partial charge in [0.15, 0.2) is 17.5 Å². The quantitative estimate of drug-likeness (QED) is 0.0282. The molecule has 0 saturated heterocycles. The molecule has 0 aliphatic heterocycles. The molecule has 0 atom stereocenters. The maximum Gasteiger partial charge on any atom is 0.164 e. The summed E-state index contributed by atoms with van der Waals surface area (Å²) in [6, 6.07) is 74.9. The van der Waals surface area contributed by atoms with Gasteiger partial charge in [-0.1, -0.05) is 399 Å². The molecule has 13 rings (SSSR count). The van der Waals surface area contributed by atoms with E-state index in [0.717, 1.165) is 50.1 Å². The summed E-state index contributed by atoms with van der Waals surface area (Å²) in [5.41, 5.74) is 26.3. The number of hydrogen-bond donors (Lipinski definition) is 0. The highest BCUT2D eigenvalue weighted by Crippen LogP contribution is 2.58. The lowest BCUT2D eigenvalue weighted by Crippen LogP contribution is -2.25. The number of fused-ring (bicyclic) bond motifs is 9. The normalized spacial score (nSPS) is 13.3. The lowest BCUT2D eigenvalue weighted by atomic mass is 9.70. The fraction of sp³-hybridized carbons (Fsp3) is 0.447. The third-order valence-corrected chi connectivity index (χ3v) is 26.7. The fourth-order valence-corrected chi connectivity index (χ4v) is 20.1. The Kier molecular flexibility index (Phi) is 32.1. The fourth-order valence-electron chi connectivity index (χ4n) is 20.1. The van der Waals surface area contributed by atoms with Crippen molar-refractivity contribution in [2.24, 2.45) is 0 Å². The second-order valence-corrected chi connectivity index (χ2v) is 35.1. The molecule has 0 amide bonds. The minimum absolute atomic E-state index is 0.00543. The van der Waals surface area contributed by atoms with Crippen LogP contribution in [-0.2, 0) is 16.2 Å². The van der Waals surface area contributed by atoms with Gasteiger partial charge in [-0.2, -0.15) is 0 Å². The zero-order chi connectivity index (χ0) is 80.8. The van der Waals surface area contributed by atoms with E-state index in [0.29, 0.717) is 17.5 Å². The zero-order valence-electron chi connectivity index (χ0n) is 72.6. The minimum Gasteiger partial charge on any atom is -0.208 e. The van der Waals surface area contributed by atoms with E-state index >= 15 is 0 Å². The number of rotatable bonds is 45. The molecular weight excluding hydrogens is 1410 g/mol. The molecule has 3 aliphatic rings. The van der Waals surface area contributed by atoms with Gasteiger partial charge in [-0.05, 0) is 214 Å². The molecule has 117 heavy (non-hydrogen) atoms. The lowest BCUT2D eigenvalue weighted by molar-refractivity contribution is 0.398. The third kappa shape index (κ3) is 21.4. The number of nitrogens with zero attached hydrogens (tertiary/aromatic N) is 3. The highest BCUT2D eigenvalue weighted by atomic mass is 15.0. The minimum atomic E-state index is 0.00543. The van der Waals surface area contributed by atoms with Crippen molar-refractivity contribution in [3.63, 3.8) is 0 Å². The van der Waals surface area contributed by atoms with Gasteiger partial charge in [0.25, 0.3) is 0 Å². The van der Waals surface area contributed by atoms with Gasteiger partial charge >= 0.3 is 0 Å². The topological polar surface area (TPSA) is 38.7 Å². The summed E-state index contributed by atoms with van der Waals surface area (Å²) in [6.07, 6.45) is 54.0. The summed E-state index contributed by atoms with van der Waals surface area (Å²) < 4.78 is 0. The van der Waals surface area contributed by atoms with Crippen molar-refractivity contribution in [2.75, 3.05) is 0 Å². The molecule has 0 saturated carbocycles. The Morgan fingerprint density at radius 1 is 0.188 bits per heavy atom. The van der Waals surface area contributed by atoms with Crippen molar-refractivity contribution in [3.05, 3.63) is 267 Å². The maximum atomic E-state index is 5.31. The Bertz CT molecular complexity index is 4450. The molecule has 1 aromatic heterocycles. The molecule has 10 aromatic rings. The van der Waals surface area contributed by atoms with Gasteiger partial charge in [0.2, 0.25) is 0 Å². The van der Waals surface area contributed by atoms with Crippen LogP contribution in [0.25, 0.3) is 67.5 Å². The lowest BCUT2D eigenvalue weighted by Gasteiger charge is -2.33. The zero-order valence-corrected chi connectivity index (χ0v) is 72.6. The summed E-state index contributed by atoms with van der Waals surface area (Å²) in [6.45, 7) is 13.9. The molecule has 3 nitrogen and oxygen atoms in total. The average molecular weight is 1550 g/mol. The first-order valence-corrected chi connectivity index (χ1v) is 47.1. The van der Waals surface area contributed by atoms with Crippen LogP contribution in [-0.4, -0.2) is 15.0 Å². The van der Waals surface area contributed by atoms with Gasteiger partial charge in [-0.3, -0.25) is 0 Å². The van der Waals surface area contributed by atoms with E-state index in [4.69, 9.17) is 15.0 Å². The predicted octanol–water partition coefficient (Wildman–Crippen LogP) is 32.4. The van der Waals surface area contributed by atoms with Gasteiger partial charge in [0.1, 0.15) is 0 Å². The van der Waals surface area contributed by atoms with Crippen molar-refractivity contribution in [1.29, 1.82) is 0 Å². The van der Waals surface area contributed by atoms with Gasteiger partial charge in [-0.15, -0.1) is 0 Å². The standard InChI is InChI=1S/C114H135N3/c1-7-13-19-25-31-43-79-112(80-44-32-26-20-14-8-2)103-52-40-37-49-97(103)100-76-67-91(85-106(100)112)58-55-88-61-70-94(71-62-88)109-115-110(95-72-63-89(64-73-95)56-59-92-68-77-101-98-50-38-41-53-104(98)113(107(101)86-92,81-45-33-27-21-15-9-3)82-46-34-28-22-16-10-4)117-111(116-109)96-74-65-90(66-75-96)57-60-93-69-78-102-99-51-39-42-54-105(99)114(108(102)87-93,83-47-35-29-23-17-11-5)84-48-36-30-24-18-12-6/h37-42,49-54,61-78,85-87H,7-36,43-48,79-84H2,1-6H3. The second kappa shape index (κ2) is 43.9. The van der Waals surface area contributed by atoms with E-state index in [1.54, 1.807) is 0 Å². The Morgan fingerprint density at radius 3 is 0.607 bits per heavy atom. The Balaban J connectivity index is 0.799. The van der Waals surface area contributed by atoms with E-state index in [2.05, 4.69) is 277 Å². The van der Waals surface area contributed by atoms with E-state index in [-0.39, 0.29) is 16.2 Å². The third-order valence-electron chi connectivity index (χ3n) is 26.7. The number of unbranched alkanes of at least 4 members (excludes halogenated alkanes) is 30. The van der Waals surface area contributed by atoms with E-state index < -0.39 is 0 Å². The van der Waals surface area contributed by atoms with Gasteiger partial charge in [0, 0.05) is 66.3 Å². The first-order valence-electron chi connectivity index (χ1n) is 47.1. The van der Waals surface area contributed by atoms with Crippen molar-refractivity contribution in [3.8, 4) is 103 Å². The van der Waals surface area contributed by atoms with Gasteiger partial charge in [-0.25, -0.2) is 15.0 Å². The van der Waals surface area contributed by atoms with Crippen LogP contribution < -0.4 is 0 Å². The van der Waals surface area contributed by atoms with Crippen LogP contribution >= 0.6 is 0 Å². The summed E-state index contributed by atoms with van der Waals surface area (Å²) in [7, 11) is 0. The number of hydrogen-bond acceptors (Lipinski definition) is 3. The van der Waals surface area contributed by atoms with Crippen LogP contribution in [0.15, 0.2) is 200 Å². The summed E-state index contributed by atoms with van der Waals surface area (Å²) in [5.74, 6) is 23.7. The maximum absolute atomic E-state index is 5.31. The van der Waals surface area contributed by atoms with Crippen LogP contribution in [0.5, 0.6) is 0 Å². The van der Waals surface area contributed by atoms with Gasteiger partial charge in [0.05, 0.1) is 0 Å². The van der Waals surface area contributed by atoms with Gasteiger partial charge < -0.3 is 0 Å². The molecule has 0 fully saturated rings. The molecule has 3 heteroatoms. The molecule has 1 heterocycles. The van der Waals surface area contributed by atoms with E-state index in [9.17, 15) is 0 Å². The number of aromatic nitrogens is 3. The van der Waals surface area contributed by atoms with Crippen LogP contribution in [0, 0.1) is 35.5 Å². The summed E-state index contributed by atoms with van der Waals surface area (Å²) >= 11 is 0. The van der Waals surface area contributed by atoms with Crippen LogP contribution in [0.1, 0.15) is 378 Å². The smallest absolute Gasteiger partial charge is 0.164 e. The molecular formula is C114H135N3. The SMILES string of the molecule is CCCCCCCCC1(CCCCCCCC)c2ccccc2-c2ccc(C#Cc3ccc(-c4nc(-c5ccc(C#Cc6ccc7c(c6)C(CCCCCCCC)(CCCCCCCC)c6ccccc6-7)cc5)nc(-c5ccc(C#Cc6ccc7c(c6)C(CCCCCCCC)(CCCCCCCC)c6ccccc6-7)cc5)n4)cc3)cc21. The highest BCUT2D eigenvalue weighted by Gasteiger charge is 2.45. The first kappa shape index (κ1) is 85.5. The van der Waals surface area contributed by atoms with Crippen molar-refractivity contribution >= 4 is 0 Å². The molecule has 0 radical (unpaired) electrons. The molecule has 606 valence electrons. The molecule has 0 unspecified atom stereocenters. The Hall–Kier alpha value is -9.33. The van der Waals surface area contributed by atoms with Crippen LogP contribution in [0.3, 0.4) is 0 Å². The predicted molar refractivity (Wildman–Crippen MR) is 500 cm³/mol. The summed E-state index contributed by atoms with van der Waals surface area (Å²) in [4.78, 5) is 15.9. The van der Waals surface area contributed by atoms with Crippen LogP contribution in [0.2, 0.25) is 0 Å². The van der Waals surface area contributed by atoms with E-state index in [1.807, 2.05) is 0 Å². The largest absolute Gasteiger partial charge is 0.208 e. The second-order valence-electron chi connectivity index (χ2n) is 35.1. The molecule has 0 N–H and O–H groups in total. The average Bonchev–Trinajstić information content (AvgIpc) is 1.58. The Labute approximate surface area is 707 Å². The Morgan fingerprint density at radius 2 is 0.376 bits per heavy atom. The first-order chi connectivity index (χ1) is 57.7. The monoisotopic (exact) mass is 1550 g/mol. The van der Waals surface area contributed by atoms with Crippen molar-refractivity contribution in [2.45, 2.75) is 327 Å². The molecule has 0 spiro atoms. The highest BCUT2D eigenvalue weighted by molar-refractivity contribution is 5.85. The van der Waals surface area contributed by atoms with Crippen molar-refractivity contribution < 1.29 is 0 Å². The molecule has 0 bridgehead atoms. The van der Waals surface area contributed by atoms with E-state index in [1.165, 1.54) is 336 Å². The number of benzene rings is 9. The molecule has 9 aromatic carbocycles. The summed E-state index contributed by atoms with van der Waals surface area (Å²) in [5, 5.41) is 0.